The summed E-state index contributed by atoms with van der Waals surface area (Å²) in [4.78, 5) is 21.5. The van der Waals surface area contributed by atoms with Crippen molar-refractivity contribution in [2.45, 2.75) is 12.8 Å². The monoisotopic (exact) mass is 228 g/mol. The fourth-order valence-electron chi connectivity index (χ4n) is 0.784. The highest BCUT2D eigenvalue weighted by Crippen LogP contribution is 1.92. The summed E-state index contributed by atoms with van der Waals surface area (Å²) in [5.74, 6) is 0. The molecular formula is C10H16N2O4. The van der Waals surface area contributed by atoms with Crippen LogP contribution in [0.15, 0.2) is 25.6 Å². The van der Waals surface area contributed by atoms with E-state index in [9.17, 15) is 9.59 Å². The summed E-state index contributed by atoms with van der Waals surface area (Å²) < 4.78 is 9.49. The normalized spacial score (nSPS) is 8.75. The van der Waals surface area contributed by atoms with Gasteiger partial charge in [0.15, 0.2) is 0 Å². The highest BCUT2D eigenvalue weighted by atomic mass is 16.6. The van der Waals surface area contributed by atoms with Crippen molar-refractivity contribution in [2.24, 2.45) is 0 Å². The molecule has 0 saturated carbocycles. The van der Waals surface area contributed by atoms with Crippen LogP contribution in [-0.2, 0) is 9.47 Å². The van der Waals surface area contributed by atoms with E-state index < -0.39 is 12.2 Å². The number of carbonyl (C=O) groups is 2. The molecular weight excluding hydrogens is 212 g/mol. The predicted octanol–water partition coefficient (Wildman–Crippen LogP) is 1.51. The Morgan fingerprint density at radius 1 is 0.938 bits per heavy atom. The van der Waals surface area contributed by atoms with Crippen molar-refractivity contribution in [3.05, 3.63) is 25.6 Å². The van der Waals surface area contributed by atoms with Crippen LogP contribution in [0.1, 0.15) is 12.8 Å². The molecule has 6 heteroatoms. The zero-order chi connectivity index (χ0) is 12.2. The molecule has 0 aromatic heterocycles. The number of carbonyl (C=O) groups excluding carboxylic acids is 2. The van der Waals surface area contributed by atoms with E-state index >= 15 is 0 Å². The molecule has 6 nitrogen and oxygen atoms in total. The van der Waals surface area contributed by atoms with Crippen LogP contribution < -0.4 is 10.6 Å². The third kappa shape index (κ3) is 8.61. The Kier molecular flexibility index (Phi) is 8.39. The minimum atomic E-state index is -0.541. The fraction of sp³-hybridized carbons (Fsp3) is 0.400. The molecule has 16 heavy (non-hydrogen) atoms. The van der Waals surface area contributed by atoms with E-state index in [4.69, 9.17) is 9.47 Å². The Morgan fingerprint density at radius 2 is 1.31 bits per heavy atom. The molecule has 0 aliphatic carbocycles. The Hall–Kier alpha value is -1.98. The maximum atomic E-state index is 10.8. The number of alkyl carbamates (subject to hydrolysis) is 2. The van der Waals surface area contributed by atoms with Crippen LogP contribution in [0.2, 0.25) is 0 Å². The zero-order valence-electron chi connectivity index (χ0n) is 9.03. The first-order valence-corrected chi connectivity index (χ1v) is 4.79. The first kappa shape index (κ1) is 14.0. The number of hydrogen-bond donors (Lipinski definition) is 2. The van der Waals surface area contributed by atoms with E-state index in [2.05, 4.69) is 23.8 Å². The van der Waals surface area contributed by atoms with Crippen LogP contribution in [0.5, 0.6) is 0 Å². The number of hydrogen-bond acceptors (Lipinski definition) is 4. The minimum Gasteiger partial charge on any atom is -0.449 e. The SMILES string of the molecule is C=CNC(=O)OCCCCOC(=O)NC=C. The zero-order valence-corrected chi connectivity index (χ0v) is 9.03. The van der Waals surface area contributed by atoms with Gasteiger partial charge in [-0.25, -0.2) is 9.59 Å². The molecule has 0 aromatic carbocycles. The third-order valence-corrected chi connectivity index (χ3v) is 1.44. The summed E-state index contributed by atoms with van der Waals surface area (Å²) in [6, 6.07) is 0. The van der Waals surface area contributed by atoms with Gasteiger partial charge < -0.3 is 9.47 Å². The first-order valence-electron chi connectivity index (χ1n) is 4.79. The van der Waals surface area contributed by atoms with Crippen molar-refractivity contribution in [1.82, 2.24) is 10.6 Å². The lowest BCUT2D eigenvalue weighted by Crippen LogP contribution is -2.20. The van der Waals surface area contributed by atoms with Gasteiger partial charge in [-0.05, 0) is 25.2 Å². The number of unbranched alkanes of at least 4 members (excludes halogenated alkanes) is 1. The lowest BCUT2D eigenvalue weighted by molar-refractivity contribution is 0.132. The Balaban J connectivity index is 3.27. The molecule has 0 fully saturated rings. The molecule has 0 aromatic rings. The van der Waals surface area contributed by atoms with Gasteiger partial charge in [0.1, 0.15) is 0 Å². The number of ether oxygens (including phenoxy) is 2. The van der Waals surface area contributed by atoms with E-state index in [-0.39, 0.29) is 13.2 Å². The maximum Gasteiger partial charge on any atom is 0.411 e. The minimum absolute atomic E-state index is 0.270. The van der Waals surface area contributed by atoms with E-state index in [0.717, 1.165) is 0 Å². The lowest BCUT2D eigenvalue weighted by Gasteiger charge is -2.05. The standard InChI is InChI=1S/C10H16N2O4/c1-3-11-9(13)15-7-5-6-8-16-10(14)12-4-2/h3-4H,1-2,5-8H2,(H,11,13)(H,12,14). The van der Waals surface area contributed by atoms with Gasteiger partial charge in [0.05, 0.1) is 13.2 Å². The topological polar surface area (TPSA) is 76.7 Å². The Labute approximate surface area is 94.3 Å². The second kappa shape index (κ2) is 9.57. The second-order valence-electron chi connectivity index (χ2n) is 2.68. The van der Waals surface area contributed by atoms with Crippen molar-refractivity contribution in [3.63, 3.8) is 0 Å². The Morgan fingerprint density at radius 3 is 1.62 bits per heavy atom. The van der Waals surface area contributed by atoms with Gasteiger partial charge in [0.2, 0.25) is 0 Å². The average molecular weight is 228 g/mol. The summed E-state index contributed by atoms with van der Waals surface area (Å²) in [5.41, 5.74) is 0. The highest BCUT2D eigenvalue weighted by molar-refractivity contribution is 5.68. The summed E-state index contributed by atoms with van der Waals surface area (Å²) in [6.45, 7) is 7.16. The molecule has 0 rings (SSSR count). The Bertz CT molecular complexity index is 227. The van der Waals surface area contributed by atoms with Crippen LogP contribution >= 0.6 is 0 Å². The first-order chi connectivity index (χ1) is 7.70. The third-order valence-electron chi connectivity index (χ3n) is 1.44. The van der Waals surface area contributed by atoms with E-state index in [1.165, 1.54) is 12.4 Å². The summed E-state index contributed by atoms with van der Waals surface area (Å²) in [5, 5.41) is 4.54. The number of rotatable bonds is 7. The van der Waals surface area contributed by atoms with Crippen LogP contribution in [0.25, 0.3) is 0 Å². The van der Waals surface area contributed by atoms with Gasteiger partial charge in [-0.15, -0.1) is 0 Å². The number of nitrogens with one attached hydrogen (secondary N) is 2. The maximum absolute atomic E-state index is 10.8. The molecule has 2 N–H and O–H groups in total. The van der Waals surface area contributed by atoms with Crippen molar-refractivity contribution in [2.75, 3.05) is 13.2 Å². The van der Waals surface area contributed by atoms with Gasteiger partial charge in [0, 0.05) is 0 Å². The highest BCUT2D eigenvalue weighted by Gasteiger charge is 1.99. The van der Waals surface area contributed by atoms with Crippen molar-refractivity contribution in [3.8, 4) is 0 Å². The second-order valence-corrected chi connectivity index (χ2v) is 2.68. The van der Waals surface area contributed by atoms with Crippen molar-refractivity contribution < 1.29 is 19.1 Å². The lowest BCUT2D eigenvalue weighted by atomic mass is 10.3. The molecule has 90 valence electrons. The predicted molar refractivity (Wildman–Crippen MR) is 58.6 cm³/mol. The largest absolute Gasteiger partial charge is 0.449 e. The van der Waals surface area contributed by atoms with E-state index in [1.807, 2.05) is 0 Å². The summed E-state index contributed by atoms with van der Waals surface area (Å²) >= 11 is 0. The van der Waals surface area contributed by atoms with Gasteiger partial charge in [-0.3, -0.25) is 10.6 Å². The van der Waals surface area contributed by atoms with Crippen LogP contribution in [-0.4, -0.2) is 25.4 Å². The van der Waals surface area contributed by atoms with Gasteiger partial charge >= 0.3 is 12.2 Å². The van der Waals surface area contributed by atoms with Crippen molar-refractivity contribution in [1.29, 1.82) is 0 Å². The molecule has 0 unspecified atom stereocenters. The molecule has 0 spiro atoms. The molecule has 2 amide bonds. The van der Waals surface area contributed by atoms with Crippen LogP contribution in [0, 0.1) is 0 Å². The van der Waals surface area contributed by atoms with E-state index in [0.29, 0.717) is 12.8 Å². The molecule has 0 radical (unpaired) electrons. The summed E-state index contributed by atoms with van der Waals surface area (Å²) in [7, 11) is 0. The number of amides is 2. The molecule has 0 aliphatic rings. The van der Waals surface area contributed by atoms with Crippen molar-refractivity contribution >= 4 is 12.2 Å². The quantitative estimate of drug-likeness (QED) is 0.647. The van der Waals surface area contributed by atoms with Crippen LogP contribution in [0.4, 0.5) is 9.59 Å². The fourth-order valence-corrected chi connectivity index (χ4v) is 0.784. The smallest absolute Gasteiger partial charge is 0.411 e. The average Bonchev–Trinajstić information content (AvgIpc) is 2.24. The van der Waals surface area contributed by atoms with Gasteiger partial charge in [-0.1, -0.05) is 13.2 Å². The van der Waals surface area contributed by atoms with Crippen LogP contribution in [0.3, 0.4) is 0 Å². The molecule has 0 aliphatic heterocycles. The van der Waals surface area contributed by atoms with Gasteiger partial charge in [0.25, 0.3) is 0 Å². The molecule has 0 saturated heterocycles. The molecule has 0 heterocycles. The molecule has 0 bridgehead atoms. The molecule has 0 atom stereocenters. The van der Waals surface area contributed by atoms with Gasteiger partial charge in [-0.2, -0.15) is 0 Å². The van der Waals surface area contributed by atoms with E-state index in [1.54, 1.807) is 0 Å². The summed E-state index contributed by atoms with van der Waals surface area (Å²) in [6.07, 6.45) is 2.63.